The summed E-state index contributed by atoms with van der Waals surface area (Å²) in [6.07, 6.45) is 1.69. The number of carbonyl (C=O) groups is 3. The molecule has 2 heterocycles. The number of hydrogen-bond donors (Lipinski definition) is 0. The number of amides is 1. The summed E-state index contributed by atoms with van der Waals surface area (Å²) < 4.78 is 23.0. The lowest BCUT2D eigenvalue weighted by atomic mass is 10.2. The number of thiazole rings is 1. The first-order chi connectivity index (χ1) is 14.4. The molecule has 0 aliphatic carbocycles. The average Bonchev–Trinajstić information content (AvgIpc) is 3.28. The second-order valence-corrected chi connectivity index (χ2v) is 8.26. The van der Waals surface area contributed by atoms with Crippen LogP contribution in [0.5, 0.6) is 0 Å². The molecule has 1 amide bonds. The zero-order chi connectivity index (χ0) is 21.7. The molecule has 1 aromatic carbocycles. The Bertz CT molecular complexity index is 988. The predicted octanol–water partition coefficient (Wildman–Crippen LogP) is 3.39. The molecule has 158 valence electrons. The minimum Gasteiger partial charge on any atom is -0.466 e. The Morgan fingerprint density at radius 1 is 1.30 bits per heavy atom. The normalized spacial score (nSPS) is 15.0. The predicted molar refractivity (Wildman–Crippen MR) is 111 cm³/mol. The molecule has 1 saturated heterocycles. The van der Waals surface area contributed by atoms with Gasteiger partial charge in [0, 0.05) is 12.1 Å². The number of carbonyl (C=O) groups excluding carboxylic acids is 3. The van der Waals surface area contributed by atoms with E-state index in [1.807, 2.05) is 0 Å². The molecule has 1 aliphatic rings. The Morgan fingerprint density at radius 3 is 2.73 bits per heavy atom. The lowest BCUT2D eigenvalue weighted by Gasteiger charge is -2.16. The van der Waals surface area contributed by atoms with E-state index in [0.29, 0.717) is 33.6 Å². The molecule has 0 unspecified atom stereocenters. The Labute approximate surface area is 180 Å². The van der Waals surface area contributed by atoms with Crippen molar-refractivity contribution < 1.29 is 28.2 Å². The smallest absolute Gasteiger partial charge is 0.350 e. The van der Waals surface area contributed by atoms with Gasteiger partial charge in [-0.15, -0.1) is 11.3 Å². The number of hydrogen-bond acceptors (Lipinski definition) is 8. The highest BCUT2D eigenvalue weighted by Crippen LogP contribution is 2.30. The van der Waals surface area contributed by atoms with Gasteiger partial charge < -0.3 is 14.4 Å². The highest BCUT2D eigenvalue weighted by Gasteiger charge is 2.27. The van der Waals surface area contributed by atoms with Crippen molar-refractivity contribution in [2.24, 2.45) is 0 Å². The van der Waals surface area contributed by atoms with Gasteiger partial charge in [-0.1, -0.05) is 11.8 Å². The number of esters is 2. The number of aryl methyl sites for hydroxylation is 1. The van der Waals surface area contributed by atoms with Gasteiger partial charge in [0.15, 0.2) is 0 Å². The third-order valence-electron chi connectivity index (χ3n) is 4.19. The Hall–Kier alpha value is -2.72. The monoisotopic (exact) mass is 450 g/mol. The van der Waals surface area contributed by atoms with E-state index in [-0.39, 0.29) is 24.1 Å². The minimum atomic E-state index is -0.527. The van der Waals surface area contributed by atoms with Crippen LogP contribution >= 0.6 is 23.1 Å². The first-order valence-electron chi connectivity index (χ1n) is 9.02. The number of benzene rings is 1. The Morgan fingerprint density at radius 2 is 2.03 bits per heavy atom. The fraction of sp³-hybridized carbons (Fsp3) is 0.300. The average molecular weight is 451 g/mol. The SMILES string of the molecule is COC(=O)/C=C1/SCC(=O)N1CCCOC(=O)c1sc(-c2ccc(F)cc2)nc1C. The second-order valence-electron chi connectivity index (χ2n) is 6.27. The molecule has 0 N–H and O–H groups in total. The maximum absolute atomic E-state index is 13.1. The van der Waals surface area contributed by atoms with Gasteiger partial charge in [0.2, 0.25) is 5.91 Å². The molecule has 0 spiro atoms. The van der Waals surface area contributed by atoms with Gasteiger partial charge in [-0.3, -0.25) is 4.79 Å². The molecule has 0 bridgehead atoms. The van der Waals surface area contributed by atoms with Crippen LogP contribution in [0.1, 0.15) is 21.8 Å². The number of thioether (sulfide) groups is 1. The van der Waals surface area contributed by atoms with E-state index in [0.717, 1.165) is 5.56 Å². The van der Waals surface area contributed by atoms with Crippen LogP contribution in [0.15, 0.2) is 35.4 Å². The second kappa shape index (κ2) is 9.86. The number of aromatic nitrogens is 1. The standard InChI is InChI=1S/C20H19FN2O5S2/c1-12-18(30-19(22-12)13-4-6-14(21)7-5-13)20(26)28-9-3-8-23-15(24)11-29-16(23)10-17(25)27-2/h4-7,10H,3,8-9,11H2,1-2H3/b16-10+. The highest BCUT2D eigenvalue weighted by molar-refractivity contribution is 8.04. The Kier molecular flexibility index (Phi) is 7.22. The van der Waals surface area contributed by atoms with E-state index < -0.39 is 11.9 Å². The Balaban J connectivity index is 1.55. The fourth-order valence-corrected chi connectivity index (χ4v) is 4.60. The van der Waals surface area contributed by atoms with E-state index in [4.69, 9.17) is 4.74 Å². The summed E-state index contributed by atoms with van der Waals surface area (Å²) in [6, 6.07) is 5.89. The van der Waals surface area contributed by atoms with E-state index in [2.05, 4.69) is 9.72 Å². The van der Waals surface area contributed by atoms with Gasteiger partial charge in [0.1, 0.15) is 15.7 Å². The number of rotatable bonds is 7. The van der Waals surface area contributed by atoms with Crippen LogP contribution in [0.3, 0.4) is 0 Å². The maximum Gasteiger partial charge on any atom is 0.350 e. The van der Waals surface area contributed by atoms with Crippen LogP contribution in [0.4, 0.5) is 4.39 Å². The van der Waals surface area contributed by atoms with E-state index in [1.165, 1.54) is 53.3 Å². The van der Waals surface area contributed by atoms with Crippen LogP contribution in [0.2, 0.25) is 0 Å². The summed E-state index contributed by atoms with van der Waals surface area (Å²) in [5.41, 5.74) is 1.26. The van der Waals surface area contributed by atoms with Gasteiger partial charge in [-0.2, -0.15) is 0 Å². The molecule has 30 heavy (non-hydrogen) atoms. The van der Waals surface area contributed by atoms with Crippen LogP contribution in [-0.4, -0.2) is 53.7 Å². The van der Waals surface area contributed by atoms with Crippen molar-refractivity contribution in [1.82, 2.24) is 9.88 Å². The van der Waals surface area contributed by atoms with Crippen molar-refractivity contribution in [3.8, 4) is 10.6 Å². The van der Waals surface area contributed by atoms with Gasteiger partial charge >= 0.3 is 11.9 Å². The van der Waals surface area contributed by atoms with Gasteiger partial charge in [0.05, 0.1) is 36.3 Å². The van der Waals surface area contributed by atoms with Crippen molar-refractivity contribution in [2.45, 2.75) is 13.3 Å². The van der Waals surface area contributed by atoms with Gasteiger partial charge in [0.25, 0.3) is 0 Å². The first kappa shape index (κ1) is 22.0. The van der Waals surface area contributed by atoms with Crippen LogP contribution in [0, 0.1) is 12.7 Å². The van der Waals surface area contributed by atoms with Crippen LogP contribution in [-0.2, 0) is 19.1 Å². The summed E-state index contributed by atoms with van der Waals surface area (Å²) in [6.45, 7) is 2.15. The largest absolute Gasteiger partial charge is 0.466 e. The van der Waals surface area contributed by atoms with Crippen LogP contribution in [0.25, 0.3) is 10.6 Å². The molecule has 7 nitrogen and oxygen atoms in total. The number of halogens is 1. The fourth-order valence-electron chi connectivity index (χ4n) is 2.68. The molecule has 3 rings (SSSR count). The first-order valence-corrected chi connectivity index (χ1v) is 10.8. The summed E-state index contributed by atoms with van der Waals surface area (Å²) in [4.78, 5) is 42.0. The maximum atomic E-state index is 13.1. The molecule has 2 aromatic rings. The summed E-state index contributed by atoms with van der Waals surface area (Å²) in [7, 11) is 1.27. The third-order valence-corrected chi connectivity index (χ3v) is 6.40. The van der Waals surface area contributed by atoms with E-state index >= 15 is 0 Å². The summed E-state index contributed by atoms with van der Waals surface area (Å²) in [5.74, 6) is -1.21. The summed E-state index contributed by atoms with van der Waals surface area (Å²) >= 11 is 2.45. The molecule has 1 aromatic heterocycles. The number of ether oxygens (including phenoxy) is 2. The third kappa shape index (κ3) is 5.25. The molecule has 0 saturated carbocycles. The molecule has 10 heteroatoms. The van der Waals surface area contributed by atoms with Crippen molar-refractivity contribution >= 4 is 40.9 Å². The molecule has 0 atom stereocenters. The lowest BCUT2D eigenvalue weighted by molar-refractivity contribution is -0.134. The zero-order valence-corrected chi connectivity index (χ0v) is 18.0. The van der Waals surface area contributed by atoms with Crippen molar-refractivity contribution in [1.29, 1.82) is 0 Å². The summed E-state index contributed by atoms with van der Waals surface area (Å²) in [5, 5.41) is 1.14. The number of methoxy groups -OCH3 is 1. The van der Waals surface area contributed by atoms with Gasteiger partial charge in [-0.05, 0) is 37.6 Å². The molecule has 1 aliphatic heterocycles. The highest BCUT2D eigenvalue weighted by atomic mass is 32.2. The van der Waals surface area contributed by atoms with Crippen molar-refractivity contribution in [3.63, 3.8) is 0 Å². The topological polar surface area (TPSA) is 85.8 Å². The van der Waals surface area contributed by atoms with E-state index in [1.54, 1.807) is 19.1 Å². The lowest BCUT2D eigenvalue weighted by Crippen LogP contribution is -2.27. The quantitative estimate of drug-likeness (QED) is 0.363. The van der Waals surface area contributed by atoms with Crippen molar-refractivity contribution in [3.05, 3.63) is 51.8 Å². The number of nitrogens with zero attached hydrogens (tertiary/aromatic N) is 2. The molecule has 0 radical (unpaired) electrons. The minimum absolute atomic E-state index is 0.108. The van der Waals surface area contributed by atoms with Crippen LogP contribution < -0.4 is 0 Å². The molecular formula is C20H19FN2O5S2. The van der Waals surface area contributed by atoms with Gasteiger partial charge in [-0.25, -0.2) is 19.0 Å². The van der Waals surface area contributed by atoms with E-state index in [9.17, 15) is 18.8 Å². The molecule has 1 fully saturated rings. The van der Waals surface area contributed by atoms with Crippen molar-refractivity contribution in [2.75, 3.05) is 26.0 Å². The zero-order valence-electron chi connectivity index (χ0n) is 16.3. The molecular weight excluding hydrogens is 431 g/mol.